The number of carboxylic acid groups (broad SMARTS) is 1. The summed E-state index contributed by atoms with van der Waals surface area (Å²) in [6, 6.07) is 5.44. The molecular weight excluding hydrogens is 252 g/mol. The van der Waals surface area contributed by atoms with Gasteiger partial charge >= 0.3 is 5.97 Å². The Bertz CT molecular complexity index is 672. The van der Waals surface area contributed by atoms with Crippen LogP contribution < -0.4 is 0 Å². The van der Waals surface area contributed by atoms with E-state index < -0.39 is 5.97 Å². The van der Waals surface area contributed by atoms with Crippen molar-refractivity contribution in [2.45, 2.75) is 40.0 Å². The van der Waals surface area contributed by atoms with Gasteiger partial charge in [-0.25, -0.2) is 4.79 Å². The molecule has 20 heavy (non-hydrogen) atoms. The Labute approximate surface area is 118 Å². The minimum atomic E-state index is -1.09. The second-order valence-corrected chi connectivity index (χ2v) is 4.92. The van der Waals surface area contributed by atoms with Crippen LogP contribution in [0.5, 0.6) is 5.75 Å². The van der Waals surface area contributed by atoms with E-state index in [-0.39, 0.29) is 11.3 Å². The van der Waals surface area contributed by atoms with Crippen molar-refractivity contribution in [3.8, 4) is 5.75 Å². The zero-order valence-corrected chi connectivity index (χ0v) is 12.2. The third kappa shape index (κ3) is 2.13. The molecule has 0 fully saturated rings. The topological polar surface area (TPSA) is 57.5 Å². The Morgan fingerprint density at radius 3 is 2.20 bits per heavy atom. The van der Waals surface area contributed by atoms with Gasteiger partial charge in [-0.2, -0.15) is 0 Å². The van der Waals surface area contributed by atoms with Crippen LogP contribution in [0, 0.1) is 0 Å². The van der Waals surface area contributed by atoms with E-state index in [1.807, 2.05) is 19.1 Å². The van der Waals surface area contributed by atoms with Crippen LogP contribution in [0.25, 0.3) is 10.8 Å². The molecule has 0 amide bonds. The fourth-order valence-corrected chi connectivity index (χ4v) is 2.89. The lowest BCUT2D eigenvalue weighted by molar-refractivity contribution is 0.0694. The van der Waals surface area contributed by atoms with Gasteiger partial charge in [0.25, 0.3) is 0 Å². The second-order valence-electron chi connectivity index (χ2n) is 4.92. The molecule has 0 radical (unpaired) electrons. The Morgan fingerprint density at radius 2 is 1.70 bits per heavy atom. The van der Waals surface area contributed by atoms with Gasteiger partial charge in [-0.05, 0) is 47.4 Å². The lowest BCUT2D eigenvalue weighted by atomic mass is 9.89. The van der Waals surface area contributed by atoms with Gasteiger partial charge < -0.3 is 10.2 Å². The first-order valence-electron chi connectivity index (χ1n) is 7.07. The van der Waals surface area contributed by atoms with Gasteiger partial charge in [-0.3, -0.25) is 0 Å². The Hall–Kier alpha value is -2.03. The SMILES string of the molecule is CCc1ccc2c(O)c(C(=O)O)cc(CC)c2c1CC. The van der Waals surface area contributed by atoms with E-state index in [4.69, 9.17) is 0 Å². The molecule has 0 unspecified atom stereocenters. The molecule has 0 aliphatic carbocycles. The molecule has 3 heteroatoms. The predicted octanol–water partition coefficient (Wildman–Crippen LogP) is 3.93. The molecule has 0 aliphatic rings. The van der Waals surface area contributed by atoms with Crippen molar-refractivity contribution in [1.82, 2.24) is 0 Å². The predicted molar refractivity (Wildman–Crippen MR) is 80.7 cm³/mol. The third-order valence-electron chi connectivity index (χ3n) is 3.91. The van der Waals surface area contributed by atoms with Crippen LogP contribution in [0.1, 0.15) is 47.8 Å². The number of aromatic hydroxyl groups is 1. The molecule has 0 atom stereocenters. The highest BCUT2D eigenvalue weighted by molar-refractivity contribution is 6.03. The fourth-order valence-electron chi connectivity index (χ4n) is 2.89. The van der Waals surface area contributed by atoms with Gasteiger partial charge in [-0.15, -0.1) is 0 Å². The van der Waals surface area contributed by atoms with Gasteiger partial charge in [0.05, 0.1) is 0 Å². The molecule has 2 rings (SSSR count). The van der Waals surface area contributed by atoms with Crippen LogP contribution in [-0.4, -0.2) is 16.2 Å². The maximum absolute atomic E-state index is 11.3. The van der Waals surface area contributed by atoms with Gasteiger partial charge in [0, 0.05) is 5.39 Å². The van der Waals surface area contributed by atoms with E-state index >= 15 is 0 Å². The van der Waals surface area contributed by atoms with Gasteiger partial charge in [-0.1, -0.05) is 32.9 Å². The highest BCUT2D eigenvalue weighted by Crippen LogP contribution is 2.36. The van der Waals surface area contributed by atoms with Crippen molar-refractivity contribution in [3.05, 3.63) is 40.5 Å². The van der Waals surface area contributed by atoms with E-state index in [0.717, 1.165) is 30.2 Å². The minimum absolute atomic E-state index is 0.0133. The Kier molecular flexibility index (Phi) is 3.98. The van der Waals surface area contributed by atoms with E-state index in [9.17, 15) is 15.0 Å². The van der Waals surface area contributed by atoms with Crippen molar-refractivity contribution in [3.63, 3.8) is 0 Å². The molecule has 0 bridgehead atoms. The molecule has 106 valence electrons. The second kappa shape index (κ2) is 5.53. The summed E-state index contributed by atoms with van der Waals surface area (Å²) in [5.74, 6) is -1.21. The largest absolute Gasteiger partial charge is 0.506 e. The van der Waals surface area contributed by atoms with Crippen LogP contribution in [0.3, 0.4) is 0 Å². The highest BCUT2D eigenvalue weighted by Gasteiger charge is 2.18. The summed E-state index contributed by atoms with van der Waals surface area (Å²) in [5, 5.41) is 21.1. The highest BCUT2D eigenvalue weighted by atomic mass is 16.4. The summed E-state index contributed by atoms with van der Waals surface area (Å²) in [5.41, 5.74) is 3.45. The number of aryl methyl sites for hydroxylation is 3. The van der Waals surface area contributed by atoms with Crippen LogP contribution in [0.4, 0.5) is 0 Å². The standard InChI is InChI=1S/C17H20O3/c1-4-10-7-8-13-15(12(10)6-3)11(5-2)9-14(16(13)18)17(19)20/h7-9,18H,4-6H2,1-3H3,(H,19,20). The maximum atomic E-state index is 11.3. The number of hydrogen-bond acceptors (Lipinski definition) is 2. The van der Waals surface area contributed by atoms with Crippen molar-refractivity contribution in [2.24, 2.45) is 0 Å². The van der Waals surface area contributed by atoms with Crippen LogP contribution in [0.2, 0.25) is 0 Å². The molecule has 2 N–H and O–H groups in total. The number of hydrogen-bond donors (Lipinski definition) is 2. The van der Waals surface area contributed by atoms with E-state index in [1.165, 1.54) is 11.1 Å². The molecule has 0 saturated heterocycles. The first-order chi connectivity index (χ1) is 9.54. The monoisotopic (exact) mass is 272 g/mol. The average molecular weight is 272 g/mol. The number of carbonyl (C=O) groups is 1. The normalized spacial score (nSPS) is 10.9. The van der Waals surface area contributed by atoms with Crippen molar-refractivity contribution in [1.29, 1.82) is 0 Å². The lowest BCUT2D eigenvalue weighted by Crippen LogP contribution is -2.02. The molecule has 2 aromatic carbocycles. The third-order valence-corrected chi connectivity index (χ3v) is 3.91. The summed E-state index contributed by atoms with van der Waals surface area (Å²) in [6.45, 7) is 6.21. The number of aromatic carboxylic acids is 1. The van der Waals surface area contributed by atoms with Gasteiger partial charge in [0.15, 0.2) is 0 Å². The van der Waals surface area contributed by atoms with Crippen LogP contribution in [0.15, 0.2) is 18.2 Å². The molecule has 0 heterocycles. The van der Waals surface area contributed by atoms with E-state index in [0.29, 0.717) is 5.39 Å². The Balaban J connectivity index is 2.96. The fraction of sp³-hybridized carbons (Fsp3) is 0.353. The molecule has 2 aromatic rings. The maximum Gasteiger partial charge on any atom is 0.339 e. The zero-order valence-electron chi connectivity index (χ0n) is 12.2. The Morgan fingerprint density at radius 1 is 1.05 bits per heavy atom. The molecule has 3 nitrogen and oxygen atoms in total. The molecular formula is C17H20O3. The molecule has 0 spiro atoms. The summed E-state index contributed by atoms with van der Waals surface area (Å²) in [6.07, 6.45) is 2.56. The molecule has 0 aliphatic heterocycles. The lowest BCUT2D eigenvalue weighted by Gasteiger charge is -2.16. The summed E-state index contributed by atoms with van der Waals surface area (Å²) >= 11 is 0. The zero-order chi connectivity index (χ0) is 14.9. The molecule has 0 saturated carbocycles. The quantitative estimate of drug-likeness (QED) is 0.886. The van der Waals surface area contributed by atoms with Crippen molar-refractivity contribution in [2.75, 3.05) is 0 Å². The average Bonchev–Trinajstić information content (AvgIpc) is 2.46. The number of phenols is 1. The summed E-state index contributed by atoms with van der Waals surface area (Å²) in [7, 11) is 0. The van der Waals surface area contributed by atoms with Gasteiger partial charge in [0.1, 0.15) is 11.3 Å². The first kappa shape index (κ1) is 14.4. The number of carboxylic acids is 1. The minimum Gasteiger partial charge on any atom is -0.506 e. The summed E-state index contributed by atoms with van der Waals surface area (Å²) < 4.78 is 0. The van der Waals surface area contributed by atoms with Crippen molar-refractivity contribution >= 4 is 16.7 Å². The summed E-state index contributed by atoms with van der Waals surface area (Å²) in [4.78, 5) is 11.3. The van der Waals surface area contributed by atoms with Crippen LogP contribution >= 0.6 is 0 Å². The molecule has 0 aromatic heterocycles. The number of benzene rings is 2. The van der Waals surface area contributed by atoms with Crippen molar-refractivity contribution < 1.29 is 15.0 Å². The number of fused-ring (bicyclic) bond motifs is 1. The van der Waals surface area contributed by atoms with E-state index in [2.05, 4.69) is 13.8 Å². The van der Waals surface area contributed by atoms with Crippen LogP contribution in [-0.2, 0) is 19.3 Å². The first-order valence-corrected chi connectivity index (χ1v) is 7.07. The number of rotatable bonds is 4. The van der Waals surface area contributed by atoms with Gasteiger partial charge in [0.2, 0.25) is 0 Å². The van der Waals surface area contributed by atoms with E-state index in [1.54, 1.807) is 6.07 Å². The smallest absolute Gasteiger partial charge is 0.339 e.